The van der Waals surface area contributed by atoms with Gasteiger partial charge in [-0.25, -0.2) is 0 Å². The van der Waals surface area contributed by atoms with Gasteiger partial charge in [0.05, 0.1) is 0 Å². The lowest BCUT2D eigenvalue weighted by Crippen LogP contribution is -2.40. The maximum Gasteiger partial charge on any atom is 0.0116 e. The second kappa shape index (κ2) is 7.96. The summed E-state index contributed by atoms with van der Waals surface area (Å²) in [6.45, 7) is 10.4. The molecule has 0 radical (unpaired) electrons. The predicted octanol–water partition coefficient (Wildman–Crippen LogP) is 4.88. The van der Waals surface area contributed by atoms with E-state index in [1.807, 2.05) is 11.3 Å². The standard InChI is InChI=1S/C16H29NS/c1-5-12-17-15(16(2,3)4)11-7-6-9-14-10-8-13-18-14/h8,10,13,15,17H,5-7,9,11-12H2,1-4H3. The zero-order valence-electron chi connectivity index (χ0n) is 12.5. The van der Waals surface area contributed by atoms with Crippen LogP contribution in [0.2, 0.25) is 0 Å². The maximum atomic E-state index is 3.71. The maximum absolute atomic E-state index is 3.71. The second-order valence-corrected chi connectivity index (χ2v) is 7.23. The highest BCUT2D eigenvalue weighted by Crippen LogP contribution is 2.24. The van der Waals surface area contributed by atoms with Crippen LogP contribution in [0.25, 0.3) is 0 Å². The highest BCUT2D eigenvalue weighted by atomic mass is 32.1. The van der Waals surface area contributed by atoms with Crippen molar-refractivity contribution in [2.45, 2.75) is 65.8 Å². The normalized spacial score (nSPS) is 13.8. The first-order valence-electron chi connectivity index (χ1n) is 7.29. The molecule has 0 aromatic carbocycles. The third kappa shape index (κ3) is 6.01. The van der Waals surface area contributed by atoms with Crippen molar-refractivity contribution in [3.8, 4) is 0 Å². The SMILES string of the molecule is CCCNC(CCCCc1cccs1)C(C)(C)C. The molecule has 1 rings (SSSR count). The lowest BCUT2D eigenvalue weighted by Gasteiger charge is -2.32. The predicted molar refractivity (Wildman–Crippen MR) is 83.4 cm³/mol. The highest BCUT2D eigenvalue weighted by Gasteiger charge is 2.22. The van der Waals surface area contributed by atoms with Crippen molar-refractivity contribution in [2.75, 3.05) is 6.54 Å². The summed E-state index contributed by atoms with van der Waals surface area (Å²) in [6, 6.07) is 5.06. The van der Waals surface area contributed by atoms with Crippen LogP contribution in [0.4, 0.5) is 0 Å². The van der Waals surface area contributed by atoms with Crippen molar-refractivity contribution in [2.24, 2.45) is 5.41 Å². The minimum atomic E-state index is 0.373. The molecule has 1 N–H and O–H groups in total. The highest BCUT2D eigenvalue weighted by molar-refractivity contribution is 7.09. The molecule has 0 amide bonds. The van der Waals surface area contributed by atoms with Crippen LogP contribution in [0, 0.1) is 5.41 Å². The molecule has 0 fully saturated rings. The Bertz CT molecular complexity index is 297. The van der Waals surface area contributed by atoms with Gasteiger partial charge in [0.1, 0.15) is 0 Å². The van der Waals surface area contributed by atoms with Gasteiger partial charge in [0.2, 0.25) is 0 Å². The first kappa shape index (κ1) is 15.7. The number of hydrogen-bond donors (Lipinski definition) is 1. The number of unbranched alkanes of at least 4 members (excludes halogenated alkanes) is 1. The molecule has 0 spiro atoms. The van der Waals surface area contributed by atoms with Crippen molar-refractivity contribution in [1.82, 2.24) is 5.32 Å². The van der Waals surface area contributed by atoms with Gasteiger partial charge in [-0.15, -0.1) is 11.3 Å². The summed E-state index contributed by atoms with van der Waals surface area (Å²) < 4.78 is 0. The summed E-state index contributed by atoms with van der Waals surface area (Å²) in [5.41, 5.74) is 0.373. The van der Waals surface area contributed by atoms with Gasteiger partial charge in [-0.1, -0.05) is 40.2 Å². The molecule has 1 aromatic heterocycles. The van der Waals surface area contributed by atoms with Crippen molar-refractivity contribution < 1.29 is 0 Å². The first-order chi connectivity index (χ1) is 8.54. The number of aryl methyl sites for hydroxylation is 1. The molecule has 0 saturated heterocycles. The van der Waals surface area contributed by atoms with Crippen LogP contribution in [0.3, 0.4) is 0 Å². The fourth-order valence-electron chi connectivity index (χ4n) is 2.26. The Morgan fingerprint density at radius 2 is 2.06 bits per heavy atom. The Balaban J connectivity index is 2.24. The van der Waals surface area contributed by atoms with Crippen molar-refractivity contribution in [3.05, 3.63) is 22.4 Å². The molecule has 104 valence electrons. The molecular formula is C16H29NS. The van der Waals surface area contributed by atoms with Gasteiger partial charge in [0.15, 0.2) is 0 Å². The lowest BCUT2D eigenvalue weighted by molar-refractivity contribution is 0.250. The fourth-order valence-corrected chi connectivity index (χ4v) is 3.01. The number of nitrogens with one attached hydrogen (secondary N) is 1. The third-order valence-corrected chi connectivity index (χ3v) is 4.37. The van der Waals surface area contributed by atoms with Gasteiger partial charge in [-0.05, 0) is 49.1 Å². The van der Waals surface area contributed by atoms with Gasteiger partial charge in [0, 0.05) is 10.9 Å². The van der Waals surface area contributed by atoms with E-state index in [0.717, 1.165) is 6.54 Å². The van der Waals surface area contributed by atoms with E-state index < -0.39 is 0 Å². The van der Waals surface area contributed by atoms with Crippen molar-refractivity contribution in [1.29, 1.82) is 0 Å². The number of hydrogen-bond acceptors (Lipinski definition) is 2. The molecule has 1 heterocycles. The summed E-state index contributed by atoms with van der Waals surface area (Å²) in [6.07, 6.45) is 6.43. The van der Waals surface area contributed by atoms with Crippen LogP contribution in [0.15, 0.2) is 17.5 Å². The van der Waals surface area contributed by atoms with Gasteiger partial charge in [-0.2, -0.15) is 0 Å². The van der Waals surface area contributed by atoms with E-state index >= 15 is 0 Å². The molecule has 0 aliphatic rings. The zero-order chi connectivity index (χ0) is 13.4. The topological polar surface area (TPSA) is 12.0 Å². The van der Waals surface area contributed by atoms with E-state index in [1.54, 1.807) is 0 Å². The molecule has 1 nitrogen and oxygen atoms in total. The van der Waals surface area contributed by atoms with Crippen LogP contribution in [-0.4, -0.2) is 12.6 Å². The minimum absolute atomic E-state index is 0.373. The van der Waals surface area contributed by atoms with E-state index in [1.165, 1.54) is 37.0 Å². The molecule has 0 saturated carbocycles. The smallest absolute Gasteiger partial charge is 0.0116 e. The number of thiophene rings is 1. The summed E-state index contributed by atoms with van der Waals surface area (Å²) in [7, 11) is 0. The van der Waals surface area contributed by atoms with Crippen LogP contribution >= 0.6 is 11.3 Å². The van der Waals surface area contributed by atoms with Crippen LogP contribution in [0.5, 0.6) is 0 Å². The van der Waals surface area contributed by atoms with E-state index in [2.05, 4.69) is 50.5 Å². The first-order valence-corrected chi connectivity index (χ1v) is 8.17. The molecule has 0 bridgehead atoms. The Hall–Kier alpha value is -0.340. The number of rotatable bonds is 8. The zero-order valence-corrected chi connectivity index (χ0v) is 13.3. The summed E-state index contributed by atoms with van der Waals surface area (Å²) >= 11 is 1.89. The molecule has 2 heteroatoms. The molecule has 1 aromatic rings. The van der Waals surface area contributed by atoms with Gasteiger partial charge in [0.25, 0.3) is 0 Å². The van der Waals surface area contributed by atoms with Gasteiger partial charge in [-0.3, -0.25) is 0 Å². The van der Waals surface area contributed by atoms with Gasteiger partial charge >= 0.3 is 0 Å². The lowest BCUT2D eigenvalue weighted by atomic mass is 9.83. The minimum Gasteiger partial charge on any atom is -0.313 e. The van der Waals surface area contributed by atoms with Gasteiger partial charge < -0.3 is 5.32 Å². The molecule has 1 atom stereocenters. The average molecular weight is 267 g/mol. The van der Waals surface area contributed by atoms with Crippen LogP contribution < -0.4 is 5.32 Å². The Kier molecular flexibility index (Phi) is 6.95. The van der Waals surface area contributed by atoms with E-state index in [-0.39, 0.29) is 0 Å². The Morgan fingerprint density at radius 1 is 1.28 bits per heavy atom. The molecular weight excluding hydrogens is 238 g/mol. The molecule has 1 unspecified atom stereocenters. The largest absolute Gasteiger partial charge is 0.313 e. The van der Waals surface area contributed by atoms with E-state index in [9.17, 15) is 0 Å². The Morgan fingerprint density at radius 3 is 2.61 bits per heavy atom. The average Bonchev–Trinajstić information content (AvgIpc) is 2.79. The van der Waals surface area contributed by atoms with Crippen LogP contribution in [-0.2, 0) is 6.42 Å². The summed E-state index contributed by atoms with van der Waals surface area (Å²) in [5, 5.41) is 5.88. The molecule has 0 aliphatic carbocycles. The molecule has 0 aliphatic heterocycles. The van der Waals surface area contributed by atoms with Crippen molar-refractivity contribution in [3.63, 3.8) is 0 Å². The summed E-state index contributed by atoms with van der Waals surface area (Å²) in [4.78, 5) is 1.53. The third-order valence-electron chi connectivity index (χ3n) is 3.43. The second-order valence-electron chi connectivity index (χ2n) is 6.20. The fraction of sp³-hybridized carbons (Fsp3) is 0.750. The Labute approximate surface area is 117 Å². The van der Waals surface area contributed by atoms with Crippen LogP contribution in [0.1, 0.15) is 58.3 Å². The monoisotopic (exact) mass is 267 g/mol. The quantitative estimate of drug-likeness (QED) is 0.662. The van der Waals surface area contributed by atoms with E-state index in [4.69, 9.17) is 0 Å². The van der Waals surface area contributed by atoms with Crippen molar-refractivity contribution >= 4 is 11.3 Å². The molecule has 18 heavy (non-hydrogen) atoms. The summed E-state index contributed by atoms with van der Waals surface area (Å²) in [5.74, 6) is 0. The van der Waals surface area contributed by atoms with E-state index in [0.29, 0.717) is 11.5 Å².